The summed E-state index contributed by atoms with van der Waals surface area (Å²) in [7, 11) is 3.34. The zero-order chi connectivity index (χ0) is 49.5. The fourth-order valence-corrected chi connectivity index (χ4v) is 7.10. The smallest absolute Gasteiger partial charge is 0.406 e. The number of halogens is 7. The third-order valence-electron chi connectivity index (χ3n) is 10.7. The molecule has 6 aromatic heterocycles. The highest BCUT2D eigenvalue weighted by Gasteiger charge is 2.52. The molecule has 0 radical (unpaired) electrons. The van der Waals surface area contributed by atoms with E-state index in [4.69, 9.17) is 9.31 Å². The van der Waals surface area contributed by atoms with Gasteiger partial charge in [0.05, 0.1) is 35.0 Å². The molecule has 9 rings (SSSR count). The lowest BCUT2D eigenvalue weighted by Gasteiger charge is -2.32. The monoisotopic (exact) mass is 1060 g/mol. The van der Waals surface area contributed by atoms with Crippen molar-refractivity contribution < 1.29 is 45.1 Å². The Morgan fingerprint density at radius 1 is 0.606 bits per heavy atom. The van der Waals surface area contributed by atoms with E-state index in [1.807, 2.05) is 54.8 Å². The van der Waals surface area contributed by atoms with E-state index in [1.165, 1.54) is 49.2 Å². The minimum Gasteiger partial charge on any atom is -0.406 e. The van der Waals surface area contributed by atoms with Crippen LogP contribution >= 0.6 is 15.9 Å². The number of pyridine rings is 2. The van der Waals surface area contributed by atoms with Gasteiger partial charge in [-0.05, 0) is 106 Å². The van der Waals surface area contributed by atoms with Crippen LogP contribution < -0.4 is 26.1 Å². The van der Waals surface area contributed by atoms with Crippen molar-refractivity contribution in [3.63, 3.8) is 0 Å². The Bertz CT molecular complexity index is 3180. The molecule has 7 heterocycles. The van der Waals surface area contributed by atoms with Gasteiger partial charge in [0.15, 0.2) is 11.0 Å². The quantitative estimate of drug-likeness (QED) is 0.105. The fourth-order valence-electron chi connectivity index (χ4n) is 6.63. The topological polar surface area (TPSA) is 178 Å². The van der Waals surface area contributed by atoms with Crippen molar-refractivity contribution in [2.24, 2.45) is 14.1 Å². The molecule has 382 valence electrons. The van der Waals surface area contributed by atoms with E-state index in [0.717, 1.165) is 35.3 Å². The van der Waals surface area contributed by atoms with E-state index in [-0.39, 0.29) is 63.1 Å². The van der Waals surface area contributed by atoms with Gasteiger partial charge in [-0.3, -0.25) is 28.1 Å². The second-order valence-corrected chi connectivity index (χ2v) is 16.9. The molecular formula is C45H54BBrF6N12O6. The molecule has 0 N–H and O–H groups in total. The number of fused-ring (bicyclic) bond motifs is 2. The van der Waals surface area contributed by atoms with Gasteiger partial charge in [-0.2, -0.15) is 30.0 Å². The first-order chi connectivity index (χ1) is 31.8. The molecule has 0 aliphatic carbocycles. The Labute approximate surface area is 413 Å². The number of nitrogens with zero attached hydrogens (tertiary/aromatic N) is 12. The van der Waals surface area contributed by atoms with Crippen LogP contribution in [0.15, 0.2) is 99.8 Å². The molecule has 71 heavy (non-hydrogen) atoms. The summed E-state index contributed by atoms with van der Waals surface area (Å²) < 4.78 is 99.7. The van der Waals surface area contributed by atoms with Crippen molar-refractivity contribution >= 4 is 50.6 Å². The van der Waals surface area contributed by atoms with Crippen molar-refractivity contribution in [1.82, 2.24) is 58.7 Å². The highest BCUT2D eigenvalue weighted by Crippen LogP contribution is 2.36. The van der Waals surface area contributed by atoms with Crippen LogP contribution in [0.4, 0.5) is 26.3 Å². The molecule has 26 heteroatoms. The second kappa shape index (κ2) is 21.7. The second-order valence-electron chi connectivity index (χ2n) is 16.1. The molecule has 0 spiro atoms. The van der Waals surface area contributed by atoms with E-state index in [1.54, 1.807) is 41.2 Å². The number of alkyl halides is 6. The summed E-state index contributed by atoms with van der Waals surface area (Å²) in [6, 6.07) is 10.00. The molecule has 0 atom stereocenters. The molecule has 1 aliphatic rings. The Kier molecular flexibility index (Phi) is 17.3. The third kappa shape index (κ3) is 12.8. The molecule has 0 saturated carbocycles. The van der Waals surface area contributed by atoms with Gasteiger partial charge >= 0.3 is 19.8 Å². The van der Waals surface area contributed by atoms with Crippen LogP contribution in [0.2, 0.25) is 0 Å². The van der Waals surface area contributed by atoms with Crippen molar-refractivity contribution in [3.05, 3.63) is 111 Å². The van der Waals surface area contributed by atoms with Crippen LogP contribution in [0, 0.1) is 0 Å². The predicted molar refractivity (Wildman–Crippen MR) is 260 cm³/mol. The van der Waals surface area contributed by atoms with Gasteiger partial charge in [0.1, 0.15) is 22.5 Å². The van der Waals surface area contributed by atoms with Crippen molar-refractivity contribution in [2.75, 3.05) is 0 Å². The average Bonchev–Trinajstić information content (AvgIpc) is 4.11. The molecule has 1 fully saturated rings. The summed E-state index contributed by atoms with van der Waals surface area (Å²) in [5.74, 6) is -0.740. The normalized spacial score (nSPS) is 13.8. The highest BCUT2D eigenvalue weighted by molar-refractivity contribution is 9.10. The summed E-state index contributed by atoms with van der Waals surface area (Å²) >= 11 is 3.33. The summed E-state index contributed by atoms with van der Waals surface area (Å²) in [6.07, 6.45) is 0.630. The molecule has 0 bridgehead atoms. The van der Waals surface area contributed by atoms with Crippen LogP contribution in [0.1, 0.15) is 63.8 Å². The molecule has 1 saturated heterocycles. The maximum absolute atomic E-state index is 13.0. The molecule has 0 amide bonds. The lowest BCUT2D eigenvalue weighted by atomic mass is 9.82. The number of aryl methyl sites for hydroxylation is 4. The van der Waals surface area contributed by atoms with Crippen LogP contribution in [0.5, 0.6) is 11.5 Å². The van der Waals surface area contributed by atoms with Crippen LogP contribution in [0.25, 0.3) is 44.6 Å². The van der Waals surface area contributed by atoms with Crippen molar-refractivity contribution in [3.8, 4) is 34.0 Å². The number of ether oxygens (including phenoxy) is 2. The number of aromatic nitrogens is 12. The maximum atomic E-state index is 13.0. The zero-order valence-electron chi connectivity index (χ0n) is 37.5. The van der Waals surface area contributed by atoms with Crippen LogP contribution in [-0.4, -0.2) is 89.7 Å². The highest BCUT2D eigenvalue weighted by atomic mass is 79.9. The molecular weight excluding hydrogens is 1010 g/mol. The van der Waals surface area contributed by atoms with E-state index >= 15 is 0 Å². The zero-order valence-corrected chi connectivity index (χ0v) is 39.1. The lowest BCUT2D eigenvalue weighted by molar-refractivity contribution is -0.275. The Balaban J connectivity index is 0.000000237. The summed E-state index contributed by atoms with van der Waals surface area (Å²) in [5.41, 5.74) is 2.82. The molecule has 18 nitrogen and oxygen atoms in total. The molecule has 2 aromatic carbocycles. The minimum absolute atomic E-state index is 0. The van der Waals surface area contributed by atoms with Crippen LogP contribution in [-0.2, 0) is 36.5 Å². The minimum atomic E-state index is -4.79. The predicted octanol–water partition coefficient (Wildman–Crippen LogP) is 8.79. The van der Waals surface area contributed by atoms with Crippen LogP contribution in [0.3, 0.4) is 0 Å². The van der Waals surface area contributed by atoms with Gasteiger partial charge in [-0.1, -0.05) is 22.3 Å². The fraction of sp³-hybridized carbons (Fsp3) is 0.378. The first kappa shape index (κ1) is 56.8. The standard InChI is InChI=1S/C18H15F3N6O2.C14H10BrF3N4O2.C10H17BN2O2.3CH4/c1-3-27-23-15-14(11-8-22-25(2)9-11)10-26(17(28)16(15)24-27)12-4-6-13(7-5-12)29-18(19,20)21;1-2-22-19-11-10(15)7-21(13(23)12(11)20-22)8-3-5-9(6-4-8)24-14(16,17)18;1-9(2)10(3,4)15-11(14-9)8-6-12-13(5)7-8;;;/h4-10H,3H2,1-2H3;3-7H,2H2,1H3;6-7H,1-5H3;3*1H4. The lowest BCUT2D eigenvalue weighted by Crippen LogP contribution is -2.41. The third-order valence-corrected chi connectivity index (χ3v) is 11.2. The van der Waals surface area contributed by atoms with Gasteiger partial charge < -0.3 is 18.8 Å². The summed E-state index contributed by atoms with van der Waals surface area (Å²) in [4.78, 5) is 28.3. The van der Waals surface area contributed by atoms with Gasteiger partial charge in [-0.25, -0.2) is 0 Å². The average molecular weight is 1060 g/mol. The van der Waals surface area contributed by atoms with E-state index in [0.29, 0.717) is 45.5 Å². The summed E-state index contributed by atoms with van der Waals surface area (Å²) in [6.45, 7) is 12.8. The van der Waals surface area contributed by atoms with E-state index < -0.39 is 23.8 Å². The van der Waals surface area contributed by atoms with Gasteiger partial charge in [-0.15, -0.1) is 36.5 Å². The SMILES string of the molecule is C.C.C.CCn1nc2c(-c3cnn(C)c3)cn(-c3ccc(OC(F)(F)F)cc3)c(=O)c2n1.CCn1nc2c(Br)cn(-c3ccc(OC(F)(F)F)cc3)c(=O)c2n1.Cn1cc(B2OC(C)(C)C(C)(C)O2)cn1. The number of hydrogen-bond donors (Lipinski definition) is 0. The Hall–Kier alpha value is -6.80. The summed E-state index contributed by atoms with van der Waals surface area (Å²) in [5, 5.41) is 25.2. The number of hydrogen-bond acceptors (Lipinski definition) is 12. The molecule has 8 aromatic rings. The first-order valence-corrected chi connectivity index (χ1v) is 21.4. The number of rotatable bonds is 8. The van der Waals surface area contributed by atoms with Gasteiger partial charge in [0.2, 0.25) is 0 Å². The Morgan fingerprint density at radius 2 is 1.01 bits per heavy atom. The largest absolute Gasteiger partial charge is 0.573 e. The van der Waals surface area contributed by atoms with Gasteiger partial charge in [0, 0.05) is 73.0 Å². The number of benzene rings is 2. The maximum Gasteiger partial charge on any atom is 0.573 e. The molecule has 1 aliphatic heterocycles. The van der Waals surface area contributed by atoms with E-state index in [2.05, 4.69) is 56.0 Å². The van der Waals surface area contributed by atoms with Crippen molar-refractivity contribution in [2.45, 2.75) is 101 Å². The van der Waals surface area contributed by atoms with E-state index in [9.17, 15) is 35.9 Å². The van der Waals surface area contributed by atoms with Crippen molar-refractivity contribution in [1.29, 1.82) is 0 Å². The first-order valence-electron chi connectivity index (χ1n) is 20.6. The Morgan fingerprint density at radius 3 is 1.42 bits per heavy atom. The van der Waals surface area contributed by atoms with Gasteiger partial charge in [0.25, 0.3) is 11.1 Å². The molecule has 0 unspecified atom stereocenters.